The van der Waals surface area contributed by atoms with Gasteiger partial charge in [0.1, 0.15) is 22.8 Å². The number of rotatable bonds is 6. The second kappa shape index (κ2) is 8.98. The molecule has 4 rings (SSSR count). The minimum atomic E-state index is -2.83. The van der Waals surface area contributed by atoms with Gasteiger partial charge < -0.3 is 36.2 Å². The number of fused-ring (bicyclic) bond motifs is 3. The molecule has 1 aromatic rings. The highest BCUT2D eigenvalue weighted by Gasteiger charge is 2.64. The maximum absolute atomic E-state index is 13.5. The van der Waals surface area contributed by atoms with E-state index in [2.05, 4.69) is 0 Å². The van der Waals surface area contributed by atoms with E-state index in [1.807, 2.05) is 19.0 Å². The van der Waals surface area contributed by atoms with Crippen molar-refractivity contribution in [2.75, 3.05) is 32.1 Å². The smallest absolute Gasteiger partial charge is 0.255 e. The number of phenols is 1. The number of hydrogen-bond acceptors (Lipinski definition) is 10. The van der Waals surface area contributed by atoms with Gasteiger partial charge in [-0.15, -0.1) is 0 Å². The second-order valence-electron chi connectivity index (χ2n) is 9.43. The van der Waals surface area contributed by atoms with Crippen LogP contribution in [0.25, 0.3) is 0 Å². The van der Waals surface area contributed by atoms with Crippen LogP contribution >= 0.6 is 11.8 Å². The SMILES string of the molecule is CN(C)CCSC[C@H]1c2cccc(O)c2C(=O)C2=C(O)[C@]3(O)C(=O)C(C(N)=O)=C(O)C[C@@H]3[C@@H](O)[C@@H]21. The summed E-state index contributed by atoms with van der Waals surface area (Å²) in [6.07, 6.45) is -2.04. The summed E-state index contributed by atoms with van der Waals surface area (Å²) in [7, 11) is 3.86. The number of carbonyl (C=O) groups is 3. The first-order chi connectivity index (χ1) is 16.4. The predicted molar refractivity (Wildman–Crippen MR) is 127 cm³/mol. The van der Waals surface area contributed by atoms with E-state index < -0.39 is 70.4 Å². The lowest BCUT2D eigenvalue weighted by Crippen LogP contribution is -2.62. The first kappa shape index (κ1) is 25.2. The normalized spacial score (nSPS) is 30.3. The van der Waals surface area contributed by atoms with Crippen LogP contribution in [0.5, 0.6) is 5.75 Å². The zero-order chi connectivity index (χ0) is 25.8. The van der Waals surface area contributed by atoms with Gasteiger partial charge in [-0.3, -0.25) is 14.4 Å². The molecule has 5 atom stereocenters. The number of primary amides is 1. The molecule has 1 aromatic carbocycles. The molecule has 0 aromatic heterocycles. The number of Topliss-reactive ketones (excluding diaryl/α,β-unsaturated/α-hetero) is 2. The highest BCUT2D eigenvalue weighted by molar-refractivity contribution is 7.99. The molecule has 0 fully saturated rings. The molecule has 0 unspecified atom stereocenters. The molecule has 35 heavy (non-hydrogen) atoms. The molecular weight excluding hydrogens is 476 g/mol. The van der Waals surface area contributed by atoms with E-state index in [1.54, 1.807) is 23.9 Å². The van der Waals surface area contributed by atoms with E-state index in [-0.39, 0.29) is 16.9 Å². The summed E-state index contributed by atoms with van der Waals surface area (Å²) in [5.74, 6) is -7.39. The number of hydrogen-bond donors (Lipinski definition) is 6. The Morgan fingerprint density at radius 2 is 1.91 bits per heavy atom. The molecule has 10 nitrogen and oxygen atoms in total. The summed E-state index contributed by atoms with van der Waals surface area (Å²) in [6.45, 7) is 0.774. The zero-order valence-corrected chi connectivity index (χ0v) is 20.1. The Bertz CT molecular complexity index is 1180. The molecule has 3 aliphatic carbocycles. The average molecular weight is 505 g/mol. The first-order valence-electron chi connectivity index (χ1n) is 11.1. The summed E-state index contributed by atoms with van der Waals surface area (Å²) in [6, 6.07) is 4.57. The Labute approximate surface area is 205 Å². The Morgan fingerprint density at radius 3 is 2.54 bits per heavy atom. The molecule has 11 heteroatoms. The van der Waals surface area contributed by atoms with Crippen LogP contribution in [-0.4, -0.2) is 91.8 Å². The number of nitrogens with two attached hydrogens (primary N) is 1. The van der Waals surface area contributed by atoms with Gasteiger partial charge in [-0.2, -0.15) is 11.8 Å². The number of aliphatic hydroxyl groups is 4. The van der Waals surface area contributed by atoms with Crippen molar-refractivity contribution in [3.05, 3.63) is 52.0 Å². The van der Waals surface area contributed by atoms with Gasteiger partial charge in [0.05, 0.1) is 11.7 Å². The number of ketones is 2. The third kappa shape index (κ3) is 3.74. The number of phenolic OH excluding ortho intramolecular Hbond substituents is 1. The Balaban J connectivity index is 1.88. The van der Waals surface area contributed by atoms with Crippen LogP contribution < -0.4 is 5.73 Å². The van der Waals surface area contributed by atoms with Crippen molar-refractivity contribution in [2.24, 2.45) is 17.6 Å². The highest BCUT2D eigenvalue weighted by Crippen LogP contribution is 2.55. The molecule has 0 saturated carbocycles. The number of benzene rings is 1. The molecule has 3 aliphatic rings. The molecule has 1 amide bonds. The van der Waals surface area contributed by atoms with E-state index in [0.717, 1.165) is 12.3 Å². The van der Waals surface area contributed by atoms with Crippen LogP contribution in [0.1, 0.15) is 28.3 Å². The van der Waals surface area contributed by atoms with Crippen molar-refractivity contribution in [1.29, 1.82) is 0 Å². The van der Waals surface area contributed by atoms with E-state index in [4.69, 9.17) is 5.73 Å². The summed E-state index contributed by atoms with van der Waals surface area (Å²) >= 11 is 1.55. The number of nitrogens with zero attached hydrogens (tertiary/aromatic N) is 1. The quantitative estimate of drug-likeness (QED) is 0.234. The molecule has 0 heterocycles. The molecule has 0 saturated heterocycles. The van der Waals surface area contributed by atoms with Gasteiger partial charge in [0.25, 0.3) is 5.91 Å². The number of allylic oxidation sites excluding steroid dienone is 1. The Kier molecular flexibility index (Phi) is 6.47. The topological polar surface area (TPSA) is 182 Å². The molecule has 188 valence electrons. The summed E-state index contributed by atoms with van der Waals surface area (Å²) < 4.78 is 0. The molecule has 0 aliphatic heterocycles. The molecule has 0 spiro atoms. The van der Waals surface area contributed by atoms with Gasteiger partial charge in [-0.1, -0.05) is 12.1 Å². The predicted octanol–water partition coefficient (Wildman–Crippen LogP) is 0.387. The largest absolute Gasteiger partial charge is 0.511 e. The standard InChI is InChI=1S/C24H28N2O8S/c1-26(2)6-7-35-9-11-10-4-3-5-13(27)15(10)20(30)18-16(11)19(29)12-8-14(28)17(23(25)33)21(31)24(12,34)22(18)32/h3-5,11-12,16,19,27-29,32,34H,6-9H2,1-2H3,(H2,25,33)/t11-,12+,16+,19+,24+/m0/s1. The van der Waals surface area contributed by atoms with Crippen LogP contribution in [-0.2, 0) is 9.59 Å². The highest BCUT2D eigenvalue weighted by atomic mass is 32.2. The summed E-state index contributed by atoms with van der Waals surface area (Å²) in [5.41, 5.74) is 1.51. The van der Waals surface area contributed by atoms with Crippen molar-refractivity contribution in [3.63, 3.8) is 0 Å². The third-order valence-corrected chi connectivity index (χ3v) is 8.21. The van der Waals surface area contributed by atoms with E-state index in [9.17, 15) is 39.9 Å². The zero-order valence-electron chi connectivity index (χ0n) is 19.3. The van der Waals surface area contributed by atoms with E-state index in [1.165, 1.54) is 6.07 Å². The van der Waals surface area contributed by atoms with Crippen molar-refractivity contribution in [3.8, 4) is 5.75 Å². The van der Waals surface area contributed by atoms with Crippen LogP contribution in [0.4, 0.5) is 0 Å². The molecule has 0 bridgehead atoms. The minimum absolute atomic E-state index is 0.0745. The lowest BCUT2D eigenvalue weighted by molar-refractivity contribution is -0.154. The fraction of sp³-hybridized carbons (Fsp3) is 0.458. The van der Waals surface area contributed by atoms with Gasteiger partial charge in [0, 0.05) is 47.8 Å². The minimum Gasteiger partial charge on any atom is -0.511 e. The Hall–Kier alpha value is -2.86. The summed E-state index contributed by atoms with van der Waals surface area (Å²) in [5, 5.41) is 54.8. The average Bonchev–Trinajstić information content (AvgIpc) is 2.77. The maximum atomic E-state index is 13.5. The fourth-order valence-corrected chi connectivity index (χ4v) is 6.73. The molecule has 0 radical (unpaired) electrons. The van der Waals surface area contributed by atoms with Gasteiger partial charge in [-0.05, 0) is 25.7 Å². The number of amides is 1. The van der Waals surface area contributed by atoms with Crippen molar-refractivity contribution >= 4 is 29.2 Å². The van der Waals surface area contributed by atoms with Gasteiger partial charge in [-0.25, -0.2) is 0 Å². The van der Waals surface area contributed by atoms with Crippen LogP contribution in [0.15, 0.2) is 40.9 Å². The van der Waals surface area contributed by atoms with Crippen molar-refractivity contribution < 1.29 is 39.9 Å². The molecule has 7 N–H and O–H groups in total. The number of aliphatic hydroxyl groups excluding tert-OH is 3. The van der Waals surface area contributed by atoms with E-state index >= 15 is 0 Å². The van der Waals surface area contributed by atoms with Crippen molar-refractivity contribution in [2.45, 2.75) is 24.0 Å². The summed E-state index contributed by atoms with van der Waals surface area (Å²) in [4.78, 5) is 40.4. The van der Waals surface area contributed by atoms with Crippen LogP contribution in [0, 0.1) is 11.8 Å². The number of thioether (sulfide) groups is 1. The van der Waals surface area contributed by atoms with Crippen molar-refractivity contribution in [1.82, 2.24) is 4.90 Å². The van der Waals surface area contributed by atoms with Crippen LogP contribution in [0.3, 0.4) is 0 Å². The maximum Gasteiger partial charge on any atom is 0.255 e. The van der Waals surface area contributed by atoms with Gasteiger partial charge in [0.2, 0.25) is 5.78 Å². The second-order valence-corrected chi connectivity index (χ2v) is 10.6. The third-order valence-electron chi connectivity index (χ3n) is 7.15. The van der Waals surface area contributed by atoms with Crippen LogP contribution in [0.2, 0.25) is 0 Å². The monoisotopic (exact) mass is 504 g/mol. The van der Waals surface area contributed by atoms with Gasteiger partial charge in [0.15, 0.2) is 11.4 Å². The first-order valence-corrected chi connectivity index (χ1v) is 12.3. The lowest BCUT2D eigenvalue weighted by atomic mass is 9.56. The van der Waals surface area contributed by atoms with E-state index in [0.29, 0.717) is 11.3 Å². The Morgan fingerprint density at radius 1 is 1.23 bits per heavy atom. The lowest BCUT2D eigenvalue weighted by Gasteiger charge is -2.50. The van der Waals surface area contributed by atoms with Gasteiger partial charge >= 0.3 is 0 Å². The number of aromatic hydroxyl groups is 1. The number of carbonyl (C=O) groups excluding carboxylic acids is 3. The fourth-order valence-electron chi connectivity index (χ4n) is 5.43. The molecular formula is C24H28N2O8S.